The number of carbonyl (C=O) groups excluding carboxylic acids is 1. The normalized spacial score (nSPS) is 19.6. The van der Waals surface area contributed by atoms with Gasteiger partial charge in [0.25, 0.3) is 0 Å². The van der Waals surface area contributed by atoms with Crippen molar-refractivity contribution in [1.82, 2.24) is 0 Å². The number of rotatable bonds is 4. The lowest BCUT2D eigenvalue weighted by molar-refractivity contribution is -0.121. The van der Waals surface area contributed by atoms with E-state index < -0.39 is 0 Å². The van der Waals surface area contributed by atoms with Gasteiger partial charge in [-0.25, -0.2) is 0 Å². The third-order valence-corrected chi connectivity index (χ3v) is 4.16. The number of Topliss-reactive ketones (excluding diaryl/α,β-unsaturated/α-hetero) is 1. The zero-order valence-electron chi connectivity index (χ0n) is 13.1. The van der Waals surface area contributed by atoms with Crippen molar-refractivity contribution in [2.24, 2.45) is 5.41 Å². The van der Waals surface area contributed by atoms with Crippen LogP contribution in [-0.4, -0.2) is 19.4 Å². The van der Waals surface area contributed by atoms with E-state index in [0.717, 1.165) is 36.9 Å². The van der Waals surface area contributed by atoms with Crippen molar-refractivity contribution in [2.45, 2.75) is 40.0 Å². The van der Waals surface area contributed by atoms with E-state index in [2.05, 4.69) is 49.2 Å². The van der Waals surface area contributed by atoms with Crippen LogP contribution in [0.1, 0.15) is 45.6 Å². The average molecular weight is 271 g/mol. The van der Waals surface area contributed by atoms with Gasteiger partial charge in [0.15, 0.2) is 5.78 Å². The van der Waals surface area contributed by atoms with Gasteiger partial charge >= 0.3 is 0 Å². The number of benzene rings is 1. The second kappa shape index (κ2) is 5.82. The van der Waals surface area contributed by atoms with Crippen molar-refractivity contribution < 1.29 is 4.79 Å². The van der Waals surface area contributed by atoms with Gasteiger partial charge in [-0.05, 0) is 48.6 Å². The van der Waals surface area contributed by atoms with Gasteiger partial charge in [-0.1, -0.05) is 32.9 Å². The Bertz CT molecular complexity index is 511. The summed E-state index contributed by atoms with van der Waals surface area (Å²) in [7, 11) is 2.11. The highest BCUT2D eigenvalue weighted by atomic mass is 16.1. The van der Waals surface area contributed by atoms with Crippen LogP contribution in [-0.2, 0) is 4.79 Å². The molecule has 1 saturated carbocycles. The monoisotopic (exact) mass is 271 g/mol. The molecule has 0 atom stereocenters. The molecule has 1 aliphatic rings. The summed E-state index contributed by atoms with van der Waals surface area (Å²) in [5, 5.41) is 0. The van der Waals surface area contributed by atoms with Gasteiger partial charge in [-0.3, -0.25) is 4.79 Å². The zero-order valence-corrected chi connectivity index (χ0v) is 13.1. The minimum atomic E-state index is -0.173. The first-order valence-corrected chi connectivity index (χ1v) is 7.50. The summed E-state index contributed by atoms with van der Waals surface area (Å²) in [6.45, 7) is 7.33. The largest absolute Gasteiger partial charge is 0.375 e. The first-order valence-electron chi connectivity index (χ1n) is 7.50. The third kappa shape index (κ3) is 3.12. The lowest BCUT2D eigenvalue weighted by Gasteiger charge is -2.18. The first-order chi connectivity index (χ1) is 9.44. The molecule has 0 spiro atoms. The Morgan fingerprint density at radius 2 is 1.90 bits per heavy atom. The van der Waals surface area contributed by atoms with Gasteiger partial charge in [0.1, 0.15) is 0 Å². The Hall–Kier alpha value is -1.57. The van der Waals surface area contributed by atoms with Crippen LogP contribution in [0.3, 0.4) is 0 Å². The molecule has 0 aliphatic heterocycles. The Kier molecular flexibility index (Phi) is 4.32. The highest BCUT2D eigenvalue weighted by molar-refractivity contribution is 6.05. The zero-order chi connectivity index (χ0) is 14.8. The predicted octanol–water partition coefficient (Wildman–Crippen LogP) is 4.31. The average Bonchev–Trinajstić information content (AvgIpc) is 2.67. The molecule has 0 heterocycles. The predicted molar refractivity (Wildman–Crippen MR) is 86.0 cm³/mol. The van der Waals surface area contributed by atoms with Crippen LogP contribution in [0.15, 0.2) is 29.8 Å². The molecular weight excluding hydrogens is 246 g/mol. The molecule has 0 amide bonds. The number of nitrogens with zero attached hydrogens (tertiary/aromatic N) is 1. The van der Waals surface area contributed by atoms with Crippen LogP contribution < -0.4 is 4.90 Å². The SMILES string of the molecule is CCCN(C)c1ccc(C=C2CCC(C)(C)C2=O)cc1. The van der Waals surface area contributed by atoms with Crippen LogP contribution in [0, 0.1) is 5.41 Å². The van der Waals surface area contributed by atoms with Gasteiger partial charge < -0.3 is 4.90 Å². The molecule has 20 heavy (non-hydrogen) atoms. The fourth-order valence-corrected chi connectivity index (χ4v) is 2.74. The van der Waals surface area contributed by atoms with Crippen molar-refractivity contribution >= 4 is 17.5 Å². The first kappa shape index (κ1) is 14.8. The molecule has 0 bridgehead atoms. The van der Waals surface area contributed by atoms with Crippen LogP contribution in [0.2, 0.25) is 0 Å². The van der Waals surface area contributed by atoms with Crippen molar-refractivity contribution in [3.63, 3.8) is 0 Å². The number of anilines is 1. The van der Waals surface area contributed by atoms with E-state index in [1.807, 2.05) is 13.8 Å². The smallest absolute Gasteiger partial charge is 0.164 e. The van der Waals surface area contributed by atoms with Crippen molar-refractivity contribution in [3.05, 3.63) is 35.4 Å². The Labute approximate surface area is 122 Å². The molecule has 2 nitrogen and oxygen atoms in total. The number of allylic oxidation sites excluding steroid dienone is 1. The molecule has 0 saturated heterocycles. The molecule has 1 aliphatic carbocycles. The van der Waals surface area contributed by atoms with Gasteiger partial charge in [0, 0.05) is 24.7 Å². The highest BCUT2D eigenvalue weighted by Gasteiger charge is 2.36. The van der Waals surface area contributed by atoms with E-state index in [9.17, 15) is 4.79 Å². The molecule has 1 aromatic rings. The van der Waals surface area contributed by atoms with Gasteiger partial charge in [0.2, 0.25) is 0 Å². The van der Waals surface area contributed by atoms with E-state index in [4.69, 9.17) is 0 Å². The minimum absolute atomic E-state index is 0.173. The van der Waals surface area contributed by atoms with Crippen LogP contribution in [0.25, 0.3) is 6.08 Å². The second-order valence-electron chi connectivity index (χ2n) is 6.40. The summed E-state index contributed by atoms with van der Waals surface area (Å²) in [5.41, 5.74) is 3.16. The molecule has 1 aromatic carbocycles. The molecule has 2 heteroatoms. The second-order valence-corrected chi connectivity index (χ2v) is 6.40. The maximum Gasteiger partial charge on any atom is 0.164 e. The summed E-state index contributed by atoms with van der Waals surface area (Å²) >= 11 is 0. The fourth-order valence-electron chi connectivity index (χ4n) is 2.74. The van der Waals surface area contributed by atoms with Crippen LogP contribution in [0.4, 0.5) is 5.69 Å². The lowest BCUT2D eigenvalue weighted by atomic mass is 9.90. The quantitative estimate of drug-likeness (QED) is 0.761. The summed E-state index contributed by atoms with van der Waals surface area (Å²) in [4.78, 5) is 14.5. The topological polar surface area (TPSA) is 20.3 Å². The van der Waals surface area contributed by atoms with Crippen molar-refractivity contribution in [3.8, 4) is 0 Å². The summed E-state index contributed by atoms with van der Waals surface area (Å²) in [6, 6.07) is 8.47. The van der Waals surface area contributed by atoms with E-state index in [1.54, 1.807) is 0 Å². The molecule has 2 rings (SSSR count). The number of ketones is 1. The molecule has 0 radical (unpaired) electrons. The summed E-state index contributed by atoms with van der Waals surface area (Å²) in [5.74, 6) is 0.310. The van der Waals surface area contributed by atoms with Gasteiger partial charge in [0.05, 0.1) is 0 Å². The summed E-state index contributed by atoms with van der Waals surface area (Å²) < 4.78 is 0. The summed E-state index contributed by atoms with van der Waals surface area (Å²) in [6.07, 6.45) is 5.07. The Morgan fingerprint density at radius 1 is 1.25 bits per heavy atom. The van der Waals surface area contributed by atoms with Crippen LogP contribution >= 0.6 is 0 Å². The fraction of sp³-hybridized carbons (Fsp3) is 0.500. The molecule has 0 N–H and O–H groups in total. The van der Waals surface area contributed by atoms with Crippen LogP contribution in [0.5, 0.6) is 0 Å². The number of hydrogen-bond donors (Lipinski definition) is 0. The van der Waals surface area contributed by atoms with E-state index in [0.29, 0.717) is 5.78 Å². The molecule has 0 unspecified atom stereocenters. The Balaban J connectivity index is 2.14. The molecule has 0 aromatic heterocycles. The maximum absolute atomic E-state index is 12.2. The van der Waals surface area contributed by atoms with Gasteiger partial charge in [-0.2, -0.15) is 0 Å². The highest BCUT2D eigenvalue weighted by Crippen LogP contribution is 2.37. The lowest BCUT2D eigenvalue weighted by Crippen LogP contribution is -2.17. The maximum atomic E-state index is 12.2. The minimum Gasteiger partial charge on any atom is -0.375 e. The molecular formula is C18H25NO. The van der Waals surface area contributed by atoms with Crippen molar-refractivity contribution in [1.29, 1.82) is 0 Å². The Morgan fingerprint density at radius 3 is 2.40 bits per heavy atom. The van der Waals surface area contributed by atoms with E-state index >= 15 is 0 Å². The van der Waals surface area contributed by atoms with E-state index in [1.165, 1.54) is 5.69 Å². The van der Waals surface area contributed by atoms with Crippen molar-refractivity contribution in [2.75, 3.05) is 18.5 Å². The molecule has 108 valence electrons. The number of hydrogen-bond acceptors (Lipinski definition) is 2. The standard InChI is InChI=1S/C18H25NO/c1-5-12-19(4)16-8-6-14(7-9-16)13-15-10-11-18(2,3)17(15)20/h6-9,13H,5,10-12H2,1-4H3. The van der Waals surface area contributed by atoms with E-state index in [-0.39, 0.29) is 5.41 Å². The number of carbonyl (C=O) groups is 1. The van der Waals surface area contributed by atoms with Gasteiger partial charge in [-0.15, -0.1) is 0 Å². The third-order valence-electron chi connectivity index (χ3n) is 4.16. The molecule has 1 fully saturated rings.